The average molecular weight is 417 g/mol. The Labute approximate surface area is 152 Å². The standard InChI is InChI=1S/C17H26BrFN2O2Si/c1-17(2,3)24(4,5)23-10-12-6-7-15(22)21(12)14-9-11(18)8-13(19)16(14)20/h8-9,12H,6-7,10,20H2,1-5H3/t12-/m0/s1. The zero-order chi connectivity index (χ0) is 18.3. The van der Waals surface area contributed by atoms with Crippen LogP contribution in [-0.4, -0.2) is 26.9 Å². The van der Waals surface area contributed by atoms with Crippen LogP contribution in [0.3, 0.4) is 0 Å². The van der Waals surface area contributed by atoms with Gasteiger partial charge in [0.15, 0.2) is 8.32 Å². The van der Waals surface area contributed by atoms with E-state index in [1.54, 1.807) is 11.0 Å². The Hall–Kier alpha value is -0.923. The SMILES string of the molecule is CC(C)(C)[Si](C)(C)OC[C@@H]1CCC(=O)N1c1cc(Br)cc(F)c1N. The fraction of sp³-hybridized carbons (Fsp3) is 0.588. The van der Waals surface area contributed by atoms with Crippen LogP contribution in [0.5, 0.6) is 0 Å². The van der Waals surface area contributed by atoms with Crippen molar-refractivity contribution in [3.63, 3.8) is 0 Å². The van der Waals surface area contributed by atoms with Crippen LogP contribution in [0.25, 0.3) is 0 Å². The van der Waals surface area contributed by atoms with E-state index in [9.17, 15) is 9.18 Å². The molecular formula is C17H26BrFN2O2Si. The molecule has 0 saturated carbocycles. The lowest BCUT2D eigenvalue weighted by Crippen LogP contribution is -2.45. The van der Waals surface area contributed by atoms with E-state index in [-0.39, 0.29) is 22.7 Å². The third-order valence-electron chi connectivity index (χ3n) is 5.10. The molecule has 1 atom stereocenters. The molecule has 0 spiro atoms. The molecule has 0 unspecified atom stereocenters. The second-order valence-electron chi connectivity index (χ2n) is 7.85. The van der Waals surface area contributed by atoms with Gasteiger partial charge in [0.2, 0.25) is 5.91 Å². The molecule has 1 aliphatic heterocycles. The molecule has 2 rings (SSSR count). The van der Waals surface area contributed by atoms with Gasteiger partial charge in [-0.2, -0.15) is 0 Å². The van der Waals surface area contributed by atoms with Crippen molar-refractivity contribution in [2.24, 2.45) is 0 Å². The van der Waals surface area contributed by atoms with Crippen LogP contribution in [0.1, 0.15) is 33.6 Å². The summed E-state index contributed by atoms with van der Waals surface area (Å²) in [4.78, 5) is 14.0. The lowest BCUT2D eigenvalue weighted by Gasteiger charge is -2.38. The zero-order valence-corrected chi connectivity index (χ0v) is 17.5. The van der Waals surface area contributed by atoms with Gasteiger partial charge in [0, 0.05) is 10.9 Å². The highest BCUT2D eigenvalue weighted by atomic mass is 79.9. The summed E-state index contributed by atoms with van der Waals surface area (Å²) in [7, 11) is -1.91. The zero-order valence-electron chi connectivity index (χ0n) is 15.0. The van der Waals surface area contributed by atoms with Crippen LogP contribution in [-0.2, 0) is 9.22 Å². The molecule has 4 nitrogen and oxygen atoms in total. The quantitative estimate of drug-likeness (QED) is 0.571. The van der Waals surface area contributed by atoms with Gasteiger partial charge in [-0.15, -0.1) is 0 Å². The van der Waals surface area contributed by atoms with Gasteiger partial charge >= 0.3 is 0 Å². The first kappa shape index (κ1) is 19.4. The van der Waals surface area contributed by atoms with E-state index in [0.717, 1.165) is 0 Å². The van der Waals surface area contributed by atoms with Gasteiger partial charge in [-0.3, -0.25) is 4.79 Å². The number of halogens is 2. The van der Waals surface area contributed by atoms with Crippen molar-refractivity contribution in [3.8, 4) is 0 Å². The number of benzene rings is 1. The van der Waals surface area contributed by atoms with E-state index in [1.165, 1.54) is 6.07 Å². The molecule has 24 heavy (non-hydrogen) atoms. The predicted molar refractivity (Wildman–Crippen MR) is 102 cm³/mol. The normalized spacial score (nSPS) is 19.2. The van der Waals surface area contributed by atoms with E-state index in [1.807, 2.05) is 0 Å². The topological polar surface area (TPSA) is 55.6 Å². The lowest BCUT2D eigenvalue weighted by molar-refractivity contribution is -0.117. The number of rotatable bonds is 4. The average Bonchev–Trinajstić information content (AvgIpc) is 2.80. The molecule has 0 aliphatic carbocycles. The van der Waals surface area contributed by atoms with E-state index in [0.29, 0.717) is 29.6 Å². The second kappa shape index (κ2) is 6.76. The first-order chi connectivity index (χ1) is 10.9. The highest BCUT2D eigenvalue weighted by Crippen LogP contribution is 2.39. The molecule has 1 aromatic carbocycles. The maximum Gasteiger partial charge on any atom is 0.227 e. The van der Waals surface area contributed by atoms with E-state index in [4.69, 9.17) is 10.2 Å². The highest BCUT2D eigenvalue weighted by molar-refractivity contribution is 9.10. The van der Waals surface area contributed by atoms with Gasteiger partial charge in [0.05, 0.1) is 24.0 Å². The minimum absolute atomic E-state index is 0.00535. The number of nitrogens with zero attached hydrogens (tertiary/aromatic N) is 1. The summed E-state index contributed by atoms with van der Waals surface area (Å²) >= 11 is 3.27. The van der Waals surface area contributed by atoms with Crippen LogP contribution in [0.15, 0.2) is 16.6 Å². The molecule has 1 saturated heterocycles. The van der Waals surface area contributed by atoms with Gasteiger partial charge in [0.25, 0.3) is 0 Å². The van der Waals surface area contributed by atoms with Crippen molar-refractivity contribution in [2.45, 2.75) is 57.8 Å². The number of nitrogen functional groups attached to an aromatic ring is 1. The fourth-order valence-corrected chi connectivity index (χ4v) is 3.98. The van der Waals surface area contributed by atoms with E-state index in [2.05, 4.69) is 49.8 Å². The summed E-state index contributed by atoms with van der Waals surface area (Å²) in [5.41, 5.74) is 6.31. The third-order valence-corrected chi connectivity index (χ3v) is 10.1. The Morgan fingerprint density at radius 1 is 1.42 bits per heavy atom. The number of carbonyl (C=O) groups is 1. The largest absolute Gasteiger partial charge is 0.415 e. The molecule has 134 valence electrons. The summed E-state index contributed by atoms with van der Waals surface area (Å²) in [6.45, 7) is 11.4. The highest BCUT2D eigenvalue weighted by Gasteiger charge is 2.40. The van der Waals surface area contributed by atoms with E-state index < -0.39 is 14.1 Å². The minimum Gasteiger partial charge on any atom is -0.415 e. The van der Waals surface area contributed by atoms with Crippen LogP contribution in [0, 0.1) is 5.82 Å². The van der Waals surface area contributed by atoms with Crippen LogP contribution < -0.4 is 10.6 Å². The molecule has 0 radical (unpaired) electrons. The number of nitrogens with two attached hydrogens (primary N) is 1. The second-order valence-corrected chi connectivity index (χ2v) is 13.6. The van der Waals surface area contributed by atoms with Crippen molar-refractivity contribution >= 4 is 41.5 Å². The first-order valence-corrected chi connectivity index (χ1v) is 11.8. The molecule has 0 bridgehead atoms. The number of amides is 1. The Morgan fingerprint density at radius 2 is 2.04 bits per heavy atom. The smallest absolute Gasteiger partial charge is 0.227 e. The van der Waals surface area contributed by atoms with Crippen LogP contribution >= 0.6 is 15.9 Å². The van der Waals surface area contributed by atoms with Gasteiger partial charge in [-0.25, -0.2) is 4.39 Å². The Kier molecular flexibility index (Phi) is 5.47. The maximum atomic E-state index is 14.0. The first-order valence-electron chi connectivity index (χ1n) is 8.14. The molecule has 1 fully saturated rings. The Bertz CT molecular complexity index is 646. The van der Waals surface area contributed by atoms with E-state index >= 15 is 0 Å². The minimum atomic E-state index is -1.91. The number of hydrogen-bond acceptors (Lipinski definition) is 3. The summed E-state index contributed by atoms with van der Waals surface area (Å²) in [5.74, 6) is -0.564. The molecule has 1 aromatic rings. The predicted octanol–water partition coefficient (Wildman–Crippen LogP) is 4.69. The summed E-state index contributed by atoms with van der Waals surface area (Å²) in [5, 5.41) is 0.0986. The Morgan fingerprint density at radius 3 is 2.62 bits per heavy atom. The lowest BCUT2D eigenvalue weighted by atomic mass is 10.2. The van der Waals surface area contributed by atoms with Gasteiger partial charge in [0.1, 0.15) is 5.82 Å². The number of anilines is 2. The van der Waals surface area contributed by atoms with Gasteiger partial charge < -0.3 is 15.1 Å². The van der Waals surface area contributed by atoms with Crippen LogP contribution in [0.4, 0.5) is 15.8 Å². The van der Waals surface area contributed by atoms with Crippen molar-refractivity contribution in [1.29, 1.82) is 0 Å². The number of carbonyl (C=O) groups excluding carboxylic acids is 1. The van der Waals surface area contributed by atoms with Crippen molar-refractivity contribution < 1.29 is 13.6 Å². The molecular weight excluding hydrogens is 391 g/mol. The molecule has 2 N–H and O–H groups in total. The Balaban J connectivity index is 2.25. The molecule has 7 heteroatoms. The summed E-state index contributed by atoms with van der Waals surface area (Å²) in [6.07, 6.45) is 1.13. The molecule has 1 aliphatic rings. The number of hydrogen-bond donors (Lipinski definition) is 1. The van der Waals surface area contributed by atoms with Crippen molar-refractivity contribution in [1.82, 2.24) is 0 Å². The molecule has 1 heterocycles. The van der Waals surface area contributed by atoms with Gasteiger partial charge in [-0.05, 0) is 36.7 Å². The van der Waals surface area contributed by atoms with Crippen molar-refractivity contribution in [2.75, 3.05) is 17.2 Å². The summed E-state index contributed by atoms with van der Waals surface area (Å²) in [6, 6.07) is 2.89. The maximum absolute atomic E-state index is 14.0. The molecule has 1 amide bonds. The monoisotopic (exact) mass is 416 g/mol. The molecule has 0 aromatic heterocycles. The van der Waals surface area contributed by atoms with Crippen LogP contribution in [0.2, 0.25) is 18.1 Å². The summed E-state index contributed by atoms with van der Waals surface area (Å²) < 4.78 is 20.8. The third kappa shape index (κ3) is 3.83. The van der Waals surface area contributed by atoms with Gasteiger partial charge in [-0.1, -0.05) is 36.7 Å². The van der Waals surface area contributed by atoms with Crippen molar-refractivity contribution in [3.05, 3.63) is 22.4 Å². The fourth-order valence-electron chi connectivity index (χ4n) is 2.52.